The van der Waals surface area contributed by atoms with Gasteiger partial charge in [0.25, 0.3) is 0 Å². The van der Waals surface area contributed by atoms with E-state index in [0.29, 0.717) is 0 Å². The number of halogens is 1. The van der Waals surface area contributed by atoms with Crippen molar-refractivity contribution in [3.05, 3.63) is 63.2 Å². The van der Waals surface area contributed by atoms with Crippen LogP contribution in [0, 0.1) is 3.57 Å². The third-order valence-corrected chi connectivity index (χ3v) is 3.88. The molecule has 0 spiro atoms. The van der Waals surface area contributed by atoms with Crippen molar-refractivity contribution in [3.8, 4) is 0 Å². The fraction of sp³-hybridized carbons (Fsp3) is 0.294. The molecule has 0 aliphatic carbocycles. The van der Waals surface area contributed by atoms with Crippen LogP contribution in [0.25, 0.3) is 0 Å². The van der Waals surface area contributed by atoms with Gasteiger partial charge in [0, 0.05) is 15.8 Å². The zero-order chi connectivity index (χ0) is 13.9. The number of benzene rings is 2. The van der Waals surface area contributed by atoms with Crippen LogP contribution in [0.2, 0.25) is 0 Å². The lowest BCUT2D eigenvalue weighted by atomic mass is 9.87. The van der Waals surface area contributed by atoms with Crippen LogP contribution in [0.3, 0.4) is 0 Å². The fourth-order valence-electron chi connectivity index (χ4n) is 1.89. The molecule has 0 aliphatic rings. The number of rotatable bonds is 3. The minimum atomic E-state index is 0.224. The number of hydrogen-bond donors (Lipinski definition) is 1. The molecular formula is C17H20IN. The van der Waals surface area contributed by atoms with E-state index in [4.69, 9.17) is 0 Å². The summed E-state index contributed by atoms with van der Waals surface area (Å²) in [6.07, 6.45) is 0. The number of hydrogen-bond acceptors (Lipinski definition) is 1. The first-order chi connectivity index (χ1) is 8.95. The summed E-state index contributed by atoms with van der Waals surface area (Å²) in [7, 11) is 0. The summed E-state index contributed by atoms with van der Waals surface area (Å²) in [6.45, 7) is 7.59. The lowest BCUT2D eigenvalue weighted by Crippen LogP contribution is -2.11. The Morgan fingerprint density at radius 2 is 1.47 bits per heavy atom. The highest BCUT2D eigenvalue weighted by atomic mass is 127. The third-order valence-electron chi connectivity index (χ3n) is 3.16. The molecule has 0 radical (unpaired) electrons. The first-order valence-corrected chi connectivity index (χ1v) is 7.62. The molecule has 0 aliphatic heterocycles. The van der Waals surface area contributed by atoms with E-state index >= 15 is 0 Å². The molecule has 0 saturated heterocycles. The van der Waals surface area contributed by atoms with Gasteiger partial charge in [-0.25, -0.2) is 0 Å². The molecule has 1 N–H and O–H groups in total. The van der Waals surface area contributed by atoms with Gasteiger partial charge in [-0.15, -0.1) is 0 Å². The lowest BCUT2D eigenvalue weighted by Gasteiger charge is -2.19. The van der Waals surface area contributed by atoms with Gasteiger partial charge in [0.2, 0.25) is 0 Å². The van der Waals surface area contributed by atoms with Crippen LogP contribution in [0.5, 0.6) is 0 Å². The summed E-state index contributed by atoms with van der Waals surface area (Å²) >= 11 is 2.32. The van der Waals surface area contributed by atoms with Crippen molar-refractivity contribution in [3.63, 3.8) is 0 Å². The van der Waals surface area contributed by atoms with E-state index in [2.05, 4.69) is 97.2 Å². The first kappa shape index (κ1) is 14.4. The van der Waals surface area contributed by atoms with Crippen LogP contribution >= 0.6 is 22.6 Å². The quantitative estimate of drug-likeness (QED) is 0.737. The maximum absolute atomic E-state index is 3.44. The largest absolute Gasteiger partial charge is 0.381 e. The van der Waals surface area contributed by atoms with Gasteiger partial charge < -0.3 is 5.32 Å². The van der Waals surface area contributed by atoms with E-state index in [-0.39, 0.29) is 5.41 Å². The van der Waals surface area contributed by atoms with Crippen molar-refractivity contribution in [1.82, 2.24) is 0 Å². The molecule has 2 aromatic carbocycles. The van der Waals surface area contributed by atoms with Gasteiger partial charge in [-0.3, -0.25) is 0 Å². The van der Waals surface area contributed by atoms with E-state index < -0.39 is 0 Å². The summed E-state index contributed by atoms with van der Waals surface area (Å²) < 4.78 is 1.26. The highest BCUT2D eigenvalue weighted by molar-refractivity contribution is 14.1. The van der Waals surface area contributed by atoms with Crippen molar-refractivity contribution in [1.29, 1.82) is 0 Å². The molecule has 0 saturated carbocycles. The molecule has 0 fully saturated rings. The maximum atomic E-state index is 3.44. The first-order valence-electron chi connectivity index (χ1n) is 6.54. The van der Waals surface area contributed by atoms with Gasteiger partial charge in [-0.2, -0.15) is 0 Å². The average Bonchev–Trinajstić information content (AvgIpc) is 2.37. The molecule has 1 nitrogen and oxygen atoms in total. The van der Waals surface area contributed by atoms with Gasteiger partial charge in [0.15, 0.2) is 0 Å². The van der Waals surface area contributed by atoms with Crippen LogP contribution in [0.15, 0.2) is 48.5 Å². The molecule has 2 rings (SSSR count). The predicted molar refractivity (Wildman–Crippen MR) is 91.6 cm³/mol. The highest BCUT2D eigenvalue weighted by Crippen LogP contribution is 2.22. The van der Waals surface area contributed by atoms with Crippen LogP contribution in [0.1, 0.15) is 31.9 Å². The van der Waals surface area contributed by atoms with Gasteiger partial charge in [-0.1, -0.05) is 45.0 Å². The maximum Gasteiger partial charge on any atom is 0.0400 e. The third kappa shape index (κ3) is 4.23. The second-order valence-electron chi connectivity index (χ2n) is 5.81. The number of anilines is 1. The van der Waals surface area contributed by atoms with E-state index in [0.717, 1.165) is 6.54 Å². The molecule has 0 bridgehead atoms. The molecule has 2 aromatic rings. The minimum Gasteiger partial charge on any atom is -0.381 e. The zero-order valence-electron chi connectivity index (χ0n) is 11.7. The smallest absolute Gasteiger partial charge is 0.0400 e. The minimum absolute atomic E-state index is 0.224. The van der Waals surface area contributed by atoms with Crippen molar-refractivity contribution in [2.24, 2.45) is 0 Å². The Balaban J connectivity index is 1.98. The monoisotopic (exact) mass is 365 g/mol. The van der Waals surface area contributed by atoms with E-state index in [1.165, 1.54) is 20.4 Å². The van der Waals surface area contributed by atoms with E-state index in [1.54, 1.807) is 0 Å². The summed E-state index contributed by atoms with van der Waals surface area (Å²) in [4.78, 5) is 0. The van der Waals surface area contributed by atoms with E-state index in [9.17, 15) is 0 Å². The Labute approximate surface area is 129 Å². The second-order valence-corrected chi connectivity index (χ2v) is 7.05. The van der Waals surface area contributed by atoms with Gasteiger partial charge in [-0.05, 0) is 63.4 Å². The molecule has 0 heterocycles. The van der Waals surface area contributed by atoms with Gasteiger partial charge in [0.05, 0.1) is 0 Å². The lowest BCUT2D eigenvalue weighted by molar-refractivity contribution is 0.590. The van der Waals surface area contributed by atoms with Crippen LogP contribution in [-0.4, -0.2) is 0 Å². The standard InChI is InChI=1S/C17H20IN/c1-17(2,3)14-6-4-13(5-7-14)12-19-16-10-8-15(18)9-11-16/h4-11,19H,12H2,1-3H3. The Bertz CT molecular complexity index is 521. The van der Waals surface area contributed by atoms with Crippen molar-refractivity contribution >= 4 is 28.3 Å². The predicted octanol–water partition coefficient (Wildman–Crippen LogP) is 5.20. The highest BCUT2D eigenvalue weighted by Gasteiger charge is 2.12. The molecule has 2 heteroatoms. The molecule has 100 valence electrons. The van der Waals surface area contributed by atoms with Crippen LogP contribution < -0.4 is 5.32 Å². The van der Waals surface area contributed by atoms with Gasteiger partial charge in [0.1, 0.15) is 0 Å². The van der Waals surface area contributed by atoms with Gasteiger partial charge >= 0.3 is 0 Å². The Kier molecular flexibility index (Phi) is 4.50. The molecule has 0 aromatic heterocycles. The fourth-order valence-corrected chi connectivity index (χ4v) is 2.25. The van der Waals surface area contributed by atoms with Crippen molar-refractivity contribution in [2.75, 3.05) is 5.32 Å². The molecule has 0 amide bonds. The SMILES string of the molecule is CC(C)(C)c1ccc(CNc2ccc(I)cc2)cc1. The van der Waals surface area contributed by atoms with Crippen molar-refractivity contribution in [2.45, 2.75) is 32.7 Å². The van der Waals surface area contributed by atoms with Crippen LogP contribution in [0.4, 0.5) is 5.69 Å². The summed E-state index contributed by atoms with van der Waals surface area (Å²) in [5, 5.41) is 3.44. The normalized spacial score (nSPS) is 11.4. The second kappa shape index (κ2) is 5.95. The van der Waals surface area contributed by atoms with Crippen molar-refractivity contribution < 1.29 is 0 Å². The Morgan fingerprint density at radius 3 is 2.00 bits per heavy atom. The summed E-state index contributed by atoms with van der Waals surface area (Å²) in [5.74, 6) is 0. The Hall–Kier alpha value is -1.03. The summed E-state index contributed by atoms with van der Waals surface area (Å²) in [5.41, 5.74) is 4.08. The molecule has 0 unspecified atom stereocenters. The molecule has 0 atom stereocenters. The Morgan fingerprint density at radius 1 is 0.895 bits per heavy atom. The average molecular weight is 365 g/mol. The number of nitrogens with one attached hydrogen (secondary N) is 1. The molecule has 19 heavy (non-hydrogen) atoms. The van der Waals surface area contributed by atoms with E-state index in [1.807, 2.05) is 0 Å². The molecular weight excluding hydrogens is 345 g/mol. The zero-order valence-corrected chi connectivity index (χ0v) is 13.9. The topological polar surface area (TPSA) is 12.0 Å². The van der Waals surface area contributed by atoms with Crippen LogP contribution in [-0.2, 0) is 12.0 Å². The summed E-state index contributed by atoms with van der Waals surface area (Å²) in [6, 6.07) is 17.3.